The van der Waals surface area contributed by atoms with Crippen molar-refractivity contribution in [2.45, 2.75) is 19.3 Å². The summed E-state index contributed by atoms with van der Waals surface area (Å²) in [6, 6.07) is 77.4. The molecule has 1 aliphatic rings. The zero-order valence-electron chi connectivity index (χ0n) is 31.7. The van der Waals surface area contributed by atoms with Gasteiger partial charge in [0.1, 0.15) is 0 Å². The van der Waals surface area contributed by atoms with E-state index in [-0.39, 0.29) is 5.41 Å². The second-order valence-corrected chi connectivity index (χ2v) is 15.3. The molecular weight excluding hydrogens is 675 g/mol. The van der Waals surface area contributed by atoms with E-state index in [1.165, 1.54) is 77.5 Å². The van der Waals surface area contributed by atoms with Crippen molar-refractivity contribution < 1.29 is 0 Å². The zero-order valence-corrected chi connectivity index (χ0v) is 31.7. The van der Waals surface area contributed by atoms with Crippen molar-refractivity contribution in [3.8, 4) is 55.6 Å². The average molecular weight is 716 g/mol. The zero-order chi connectivity index (χ0) is 37.6. The van der Waals surface area contributed by atoms with Gasteiger partial charge in [-0.25, -0.2) is 0 Å². The Morgan fingerprint density at radius 1 is 0.321 bits per heavy atom. The van der Waals surface area contributed by atoms with Gasteiger partial charge in [0.25, 0.3) is 0 Å². The minimum Gasteiger partial charge on any atom is -0.311 e. The summed E-state index contributed by atoms with van der Waals surface area (Å²) in [5.41, 5.74) is 18.4. The first-order chi connectivity index (χ1) is 27.5. The lowest BCUT2D eigenvalue weighted by atomic mass is 9.65. The van der Waals surface area contributed by atoms with E-state index < -0.39 is 0 Å². The standard InChI is InChI=1S/C55H41N/c1-55(2)51-23-12-20-44-30-37-48(42-18-10-5-11-19-42)53(52(44)51)50-22-13-21-49(54(50)55)43-28-35-47(36-29-43)56(45-31-24-40(25-32-45)38-14-6-3-7-15-38)46-33-26-41(27-34-46)39-16-8-4-9-17-39/h3-37H,1-2H3. The van der Waals surface area contributed by atoms with Crippen molar-refractivity contribution in [1.29, 1.82) is 0 Å². The highest BCUT2D eigenvalue weighted by atomic mass is 15.1. The van der Waals surface area contributed by atoms with Gasteiger partial charge in [0, 0.05) is 22.5 Å². The predicted octanol–water partition coefficient (Wildman–Crippen LogP) is 15.3. The Kier molecular flexibility index (Phi) is 8.23. The molecule has 1 nitrogen and oxygen atoms in total. The van der Waals surface area contributed by atoms with Crippen LogP contribution in [-0.4, -0.2) is 0 Å². The van der Waals surface area contributed by atoms with E-state index in [0.29, 0.717) is 0 Å². The molecule has 0 saturated heterocycles. The molecule has 0 heterocycles. The molecule has 266 valence electrons. The molecular formula is C55H41N. The number of hydrogen-bond donors (Lipinski definition) is 0. The van der Waals surface area contributed by atoms with Crippen LogP contribution in [-0.2, 0) is 5.41 Å². The van der Waals surface area contributed by atoms with Crippen LogP contribution in [0.3, 0.4) is 0 Å². The largest absolute Gasteiger partial charge is 0.311 e. The maximum atomic E-state index is 2.40. The number of rotatable bonds is 7. The van der Waals surface area contributed by atoms with E-state index in [0.717, 1.165) is 17.1 Å². The van der Waals surface area contributed by atoms with E-state index in [9.17, 15) is 0 Å². The van der Waals surface area contributed by atoms with E-state index in [2.05, 4.69) is 231 Å². The van der Waals surface area contributed by atoms with Crippen molar-refractivity contribution >= 4 is 27.8 Å². The molecule has 0 saturated carbocycles. The summed E-state index contributed by atoms with van der Waals surface area (Å²) in [6.07, 6.45) is 0. The van der Waals surface area contributed by atoms with Gasteiger partial charge in [-0.2, -0.15) is 0 Å². The Labute approximate surface area is 329 Å². The predicted molar refractivity (Wildman–Crippen MR) is 238 cm³/mol. The molecule has 56 heavy (non-hydrogen) atoms. The van der Waals surface area contributed by atoms with Crippen LogP contribution in [0.5, 0.6) is 0 Å². The Bertz CT molecular complexity index is 2740. The molecule has 0 radical (unpaired) electrons. The van der Waals surface area contributed by atoms with Gasteiger partial charge in [0.05, 0.1) is 0 Å². The number of fused-ring (bicyclic) bond motifs is 2. The third kappa shape index (κ3) is 5.72. The number of anilines is 3. The van der Waals surface area contributed by atoms with Gasteiger partial charge in [-0.1, -0.05) is 190 Å². The highest BCUT2D eigenvalue weighted by molar-refractivity contribution is 6.10. The topological polar surface area (TPSA) is 3.24 Å². The summed E-state index contributed by atoms with van der Waals surface area (Å²) >= 11 is 0. The second-order valence-electron chi connectivity index (χ2n) is 15.3. The number of benzene rings is 9. The fourth-order valence-electron chi connectivity index (χ4n) is 8.95. The molecule has 0 atom stereocenters. The third-order valence-electron chi connectivity index (χ3n) is 11.7. The van der Waals surface area contributed by atoms with Crippen molar-refractivity contribution in [2.24, 2.45) is 0 Å². The first-order valence-corrected chi connectivity index (χ1v) is 19.5. The van der Waals surface area contributed by atoms with Crippen molar-refractivity contribution in [2.75, 3.05) is 4.90 Å². The first-order valence-electron chi connectivity index (χ1n) is 19.5. The molecule has 10 rings (SSSR count). The Hall–Kier alpha value is -6.96. The minimum atomic E-state index is -0.209. The lowest BCUT2D eigenvalue weighted by molar-refractivity contribution is 0.647. The Morgan fingerprint density at radius 2 is 0.750 bits per heavy atom. The first kappa shape index (κ1) is 33.6. The lowest BCUT2D eigenvalue weighted by Crippen LogP contribution is -2.25. The molecule has 9 aromatic carbocycles. The van der Waals surface area contributed by atoms with Crippen molar-refractivity contribution in [3.63, 3.8) is 0 Å². The smallest absolute Gasteiger partial charge is 0.0462 e. The molecule has 0 bridgehead atoms. The fraction of sp³-hybridized carbons (Fsp3) is 0.0545. The van der Waals surface area contributed by atoms with Crippen LogP contribution in [0.15, 0.2) is 212 Å². The quantitative estimate of drug-likeness (QED) is 0.159. The maximum Gasteiger partial charge on any atom is 0.0462 e. The molecule has 1 heteroatoms. The number of hydrogen-bond acceptors (Lipinski definition) is 1. The van der Waals surface area contributed by atoms with Gasteiger partial charge in [-0.15, -0.1) is 0 Å². The summed E-state index contributed by atoms with van der Waals surface area (Å²) < 4.78 is 0. The van der Waals surface area contributed by atoms with Gasteiger partial charge < -0.3 is 4.90 Å². The normalized spacial score (nSPS) is 12.6. The van der Waals surface area contributed by atoms with E-state index in [4.69, 9.17) is 0 Å². The van der Waals surface area contributed by atoms with Crippen LogP contribution >= 0.6 is 0 Å². The Morgan fingerprint density at radius 3 is 1.29 bits per heavy atom. The van der Waals surface area contributed by atoms with E-state index in [1.807, 2.05) is 0 Å². The monoisotopic (exact) mass is 715 g/mol. The fourth-order valence-corrected chi connectivity index (χ4v) is 8.95. The summed E-state index contributed by atoms with van der Waals surface area (Å²) in [5.74, 6) is 0. The van der Waals surface area contributed by atoms with Crippen LogP contribution in [0.4, 0.5) is 17.1 Å². The average Bonchev–Trinajstić information content (AvgIpc) is 3.27. The summed E-state index contributed by atoms with van der Waals surface area (Å²) in [4.78, 5) is 2.36. The van der Waals surface area contributed by atoms with Gasteiger partial charge in [-0.3, -0.25) is 0 Å². The lowest BCUT2D eigenvalue weighted by Gasteiger charge is -2.38. The third-order valence-corrected chi connectivity index (χ3v) is 11.7. The Balaban J connectivity index is 1.09. The van der Waals surface area contributed by atoms with Crippen molar-refractivity contribution in [1.82, 2.24) is 0 Å². The van der Waals surface area contributed by atoms with E-state index in [1.54, 1.807) is 0 Å². The second kappa shape index (κ2) is 13.7. The summed E-state index contributed by atoms with van der Waals surface area (Å²) in [7, 11) is 0. The molecule has 0 aromatic heterocycles. The highest BCUT2D eigenvalue weighted by Crippen LogP contribution is 2.54. The van der Waals surface area contributed by atoms with Gasteiger partial charge in [0.2, 0.25) is 0 Å². The van der Waals surface area contributed by atoms with Crippen LogP contribution in [0.25, 0.3) is 66.4 Å². The molecule has 0 amide bonds. The SMILES string of the molecule is CC1(C)c2c(-c3ccc(N(c4ccc(-c5ccccc5)cc4)c4ccc(-c5ccccc5)cc4)cc3)cccc2-c2c(-c3ccccc3)ccc3cccc1c23. The van der Waals surface area contributed by atoms with Crippen LogP contribution < -0.4 is 4.90 Å². The minimum absolute atomic E-state index is 0.209. The number of nitrogens with zero attached hydrogens (tertiary/aromatic N) is 1. The summed E-state index contributed by atoms with van der Waals surface area (Å²) in [5, 5.41) is 2.66. The van der Waals surface area contributed by atoms with Gasteiger partial charge in [0.15, 0.2) is 0 Å². The maximum absolute atomic E-state index is 2.40. The molecule has 9 aromatic rings. The van der Waals surface area contributed by atoms with Crippen LogP contribution in [0.1, 0.15) is 25.0 Å². The van der Waals surface area contributed by atoms with Crippen LogP contribution in [0, 0.1) is 0 Å². The molecule has 0 fully saturated rings. The molecule has 0 unspecified atom stereocenters. The molecule has 0 N–H and O–H groups in total. The van der Waals surface area contributed by atoms with Gasteiger partial charge >= 0.3 is 0 Å². The van der Waals surface area contributed by atoms with Gasteiger partial charge in [-0.05, 0) is 114 Å². The molecule has 1 aliphatic carbocycles. The van der Waals surface area contributed by atoms with Crippen molar-refractivity contribution in [3.05, 3.63) is 223 Å². The molecule has 0 aliphatic heterocycles. The summed E-state index contributed by atoms with van der Waals surface area (Å²) in [6.45, 7) is 4.80. The van der Waals surface area contributed by atoms with E-state index >= 15 is 0 Å². The highest BCUT2D eigenvalue weighted by Gasteiger charge is 2.36. The molecule has 0 spiro atoms. The van der Waals surface area contributed by atoms with Crippen LogP contribution in [0.2, 0.25) is 0 Å².